The van der Waals surface area contributed by atoms with Gasteiger partial charge in [0.05, 0.1) is 45.5 Å². The average molecular weight is 412 g/mol. The van der Waals surface area contributed by atoms with Gasteiger partial charge in [-0.05, 0) is 40.3 Å². The highest BCUT2D eigenvalue weighted by Crippen LogP contribution is 2.19. The molecule has 0 saturated carbocycles. The Balaban J connectivity index is 1.45. The van der Waals surface area contributed by atoms with Crippen molar-refractivity contribution < 1.29 is 14.0 Å². The van der Waals surface area contributed by atoms with E-state index in [4.69, 9.17) is 4.74 Å². The van der Waals surface area contributed by atoms with E-state index in [0.717, 1.165) is 49.7 Å². The smallest absolute Gasteiger partial charge is 0.209 e. The Labute approximate surface area is 176 Å². The first-order valence-corrected chi connectivity index (χ1v) is 10.4. The van der Waals surface area contributed by atoms with Crippen molar-refractivity contribution in [2.45, 2.75) is 25.9 Å². The normalized spacial score (nSPS) is 15.9. The molecule has 8 heteroatoms. The number of halogens is 1. The minimum absolute atomic E-state index is 0.156. The van der Waals surface area contributed by atoms with E-state index in [1.165, 1.54) is 11.0 Å². The summed E-state index contributed by atoms with van der Waals surface area (Å²) in [6.45, 7) is 6.26. The Morgan fingerprint density at radius 3 is 2.50 bits per heavy atom. The fourth-order valence-electron chi connectivity index (χ4n) is 4.22. The fraction of sp³-hybridized carbons (Fsp3) is 0.409. The van der Waals surface area contributed by atoms with E-state index in [9.17, 15) is 4.39 Å². The van der Waals surface area contributed by atoms with E-state index in [0.29, 0.717) is 12.2 Å². The maximum Gasteiger partial charge on any atom is 0.209 e. The molecule has 1 N–H and O–H groups in total. The van der Waals surface area contributed by atoms with Crippen molar-refractivity contribution in [1.29, 1.82) is 0 Å². The second-order valence-corrected chi connectivity index (χ2v) is 7.60. The van der Waals surface area contributed by atoms with E-state index in [1.54, 1.807) is 13.2 Å². The van der Waals surface area contributed by atoms with Gasteiger partial charge in [-0.15, -0.1) is 5.10 Å². The molecule has 30 heavy (non-hydrogen) atoms. The van der Waals surface area contributed by atoms with Crippen molar-refractivity contribution in [3.8, 4) is 5.75 Å². The molecule has 0 aliphatic carbocycles. The van der Waals surface area contributed by atoms with Crippen LogP contribution in [0.4, 0.5) is 10.1 Å². The number of tetrazole rings is 1. The highest BCUT2D eigenvalue weighted by Gasteiger charge is 2.32. The van der Waals surface area contributed by atoms with Gasteiger partial charge in [0.15, 0.2) is 0 Å². The Bertz CT molecular complexity index is 952. The van der Waals surface area contributed by atoms with E-state index < -0.39 is 0 Å². The van der Waals surface area contributed by atoms with E-state index >= 15 is 0 Å². The largest absolute Gasteiger partial charge is 0.497 e. The van der Waals surface area contributed by atoms with Crippen molar-refractivity contribution in [3.05, 3.63) is 65.7 Å². The van der Waals surface area contributed by atoms with Crippen LogP contribution in [0.25, 0.3) is 0 Å². The Kier molecular flexibility index (Phi) is 6.23. The van der Waals surface area contributed by atoms with Gasteiger partial charge < -0.3 is 14.5 Å². The monoisotopic (exact) mass is 411 g/mol. The van der Waals surface area contributed by atoms with Crippen LogP contribution in [0.5, 0.6) is 5.75 Å². The SMILES string of the molecule is CC[C@@H](c1nnnn1Cc1ccc(OC)cc1)[NH+]1CCN(c2ccccc2F)CC1. The molecule has 0 radical (unpaired) electrons. The van der Waals surface area contributed by atoms with E-state index in [1.807, 2.05) is 41.1 Å². The van der Waals surface area contributed by atoms with Crippen molar-refractivity contribution >= 4 is 5.69 Å². The quantitative estimate of drug-likeness (QED) is 0.642. The summed E-state index contributed by atoms with van der Waals surface area (Å²) in [7, 11) is 1.66. The third-order valence-corrected chi connectivity index (χ3v) is 5.86. The molecule has 2 aromatic carbocycles. The lowest BCUT2D eigenvalue weighted by Gasteiger charge is -2.37. The number of methoxy groups -OCH3 is 1. The molecule has 1 aromatic heterocycles. The van der Waals surface area contributed by atoms with Gasteiger partial charge in [-0.1, -0.05) is 31.2 Å². The van der Waals surface area contributed by atoms with Crippen LogP contribution in [0.2, 0.25) is 0 Å². The zero-order chi connectivity index (χ0) is 20.9. The van der Waals surface area contributed by atoms with Crippen LogP contribution in [-0.4, -0.2) is 53.5 Å². The molecular weight excluding hydrogens is 383 g/mol. The summed E-state index contributed by atoms with van der Waals surface area (Å²) in [6.07, 6.45) is 0.942. The first-order valence-electron chi connectivity index (χ1n) is 10.4. The maximum absolute atomic E-state index is 14.1. The van der Waals surface area contributed by atoms with Crippen molar-refractivity contribution in [1.82, 2.24) is 20.2 Å². The Morgan fingerprint density at radius 1 is 1.10 bits per heavy atom. The molecule has 158 valence electrons. The second-order valence-electron chi connectivity index (χ2n) is 7.60. The molecule has 2 heterocycles. The van der Waals surface area contributed by atoms with Gasteiger partial charge in [0.25, 0.3) is 0 Å². The first-order chi connectivity index (χ1) is 14.7. The number of nitrogens with one attached hydrogen (secondary N) is 1. The predicted molar refractivity (Wildman–Crippen MR) is 112 cm³/mol. The van der Waals surface area contributed by atoms with Crippen LogP contribution in [0.1, 0.15) is 30.8 Å². The van der Waals surface area contributed by atoms with Gasteiger partial charge in [0.2, 0.25) is 5.82 Å². The topological polar surface area (TPSA) is 60.5 Å². The zero-order valence-corrected chi connectivity index (χ0v) is 17.5. The summed E-state index contributed by atoms with van der Waals surface area (Å²) in [5.74, 6) is 1.58. The lowest BCUT2D eigenvalue weighted by Crippen LogP contribution is -3.15. The molecule has 1 aliphatic heterocycles. The number of para-hydroxylation sites is 1. The summed E-state index contributed by atoms with van der Waals surface area (Å²) in [5, 5.41) is 12.6. The number of quaternary nitrogens is 1. The number of anilines is 1. The minimum Gasteiger partial charge on any atom is -0.497 e. The summed E-state index contributed by atoms with van der Waals surface area (Å²) in [4.78, 5) is 3.57. The van der Waals surface area contributed by atoms with Gasteiger partial charge in [-0.3, -0.25) is 0 Å². The Hall–Kier alpha value is -3.00. The van der Waals surface area contributed by atoms with Gasteiger partial charge in [0, 0.05) is 6.42 Å². The third kappa shape index (κ3) is 4.28. The van der Waals surface area contributed by atoms with Crippen LogP contribution in [0.15, 0.2) is 48.5 Å². The summed E-state index contributed by atoms with van der Waals surface area (Å²) < 4.78 is 21.3. The van der Waals surface area contributed by atoms with Gasteiger partial charge in [0.1, 0.15) is 17.6 Å². The van der Waals surface area contributed by atoms with Gasteiger partial charge >= 0.3 is 0 Å². The molecule has 0 spiro atoms. The number of rotatable bonds is 7. The van der Waals surface area contributed by atoms with Crippen molar-refractivity contribution in [2.24, 2.45) is 0 Å². The van der Waals surface area contributed by atoms with Gasteiger partial charge in [-0.2, -0.15) is 0 Å². The molecule has 4 rings (SSSR count). The molecular formula is C22H28FN6O+. The van der Waals surface area contributed by atoms with Crippen LogP contribution >= 0.6 is 0 Å². The van der Waals surface area contributed by atoms with Crippen LogP contribution in [0, 0.1) is 5.82 Å². The highest BCUT2D eigenvalue weighted by molar-refractivity contribution is 5.47. The maximum atomic E-state index is 14.1. The molecule has 0 bridgehead atoms. The molecule has 1 aliphatic rings. The third-order valence-electron chi connectivity index (χ3n) is 5.86. The molecule has 1 fully saturated rings. The van der Waals surface area contributed by atoms with E-state index in [2.05, 4.69) is 27.3 Å². The molecule has 0 amide bonds. The molecule has 3 aromatic rings. The number of aromatic nitrogens is 4. The highest BCUT2D eigenvalue weighted by atomic mass is 19.1. The number of nitrogens with zero attached hydrogens (tertiary/aromatic N) is 5. The summed E-state index contributed by atoms with van der Waals surface area (Å²) in [5.41, 5.74) is 1.81. The van der Waals surface area contributed by atoms with Gasteiger partial charge in [-0.25, -0.2) is 9.07 Å². The fourth-order valence-corrected chi connectivity index (χ4v) is 4.22. The number of benzene rings is 2. The predicted octanol–water partition coefficient (Wildman–Crippen LogP) is 1.73. The standard InChI is InChI=1S/C22H27FN6O/c1-3-20(27-12-14-28(15-13-27)21-7-5-4-6-19(21)23)22-24-25-26-29(22)16-17-8-10-18(30-2)11-9-17/h4-11,20H,3,12-16H2,1-2H3/p+1/t20-/m0/s1. The van der Waals surface area contributed by atoms with Crippen LogP contribution in [0.3, 0.4) is 0 Å². The van der Waals surface area contributed by atoms with Crippen LogP contribution < -0.4 is 14.5 Å². The molecule has 0 unspecified atom stereocenters. The number of piperazine rings is 1. The zero-order valence-electron chi connectivity index (χ0n) is 17.5. The summed E-state index contributed by atoms with van der Waals surface area (Å²) >= 11 is 0. The lowest BCUT2D eigenvalue weighted by molar-refractivity contribution is -0.933. The second kappa shape index (κ2) is 9.21. The number of hydrogen-bond donors (Lipinski definition) is 1. The minimum atomic E-state index is -0.156. The molecule has 1 atom stereocenters. The molecule has 7 nitrogen and oxygen atoms in total. The Morgan fingerprint density at radius 2 is 1.83 bits per heavy atom. The first kappa shape index (κ1) is 20.3. The molecule has 1 saturated heterocycles. The number of ether oxygens (including phenoxy) is 1. The van der Waals surface area contributed by atoms with E-state index in [-0.39, 0.29) is 11.9 Å². The average Bonchev–Trinajstić information content (AvgIpc) is 3.23. The lowest BCUT2D eigenvalue weighted by atomic mass is 10.1. The van der Waals surface area contributed by atoms with Crippen molar-refractivity contribution in [3.63, 3.8) is 0 Å². The number of hydrogen-bond acceptors (Lipinski definition) is 5. The van der Waals surface area contributed by atoms with Crippen molar-refractivity contribution in [2.75, 3.05) is 38.2 Å². The van der Waals surface area contributed by atoms with Crippen LogP contribution in [-0.2, 0) is 6.54 Å². The summed E-state index contributed by atoms with van der Waals surface area (Å²) in [6, 6.07) is 15.2.